The number of halogens is 1. The molecule has 2 rings (SSSR count). The van der Waals surface area contributed by atoms with Crippen LogP contribution in [0.15, 0.2) is 18.2 Å². The standard InChI is InChI=1S/C16H20ClNO4/c1-9(2)22-14-5-4-11(17)8-13(14)15(19)18-7-6-12(10(18)3)16(20)21/h4-5,8-10,12H,6-7H2,1-3H3,(H,20,21). The van der Waals surface area contributed by atoms with Gasteiger partial charge >= 0.3 is 5.97 Å². The summed E-state index contributed by atoms with van der Waals surface area (Å²) < 4.78 is 5.67. The average molecular weight is 326 g/mol. The van der Waals surface area contributed by atoms with Gasteiger partial charge in [-0.05, 0) is 45.4 Å². The molecule has 1 aromatic rings. The number of carboxylic acid groups (broad SMARTS) is 1. The van der Waals surface area contributed by atoms with Gasteiger partial charge in [0, 0.05) is 17.6 Å². The van der Waals surface area contributed by atoms with Crippen LogP contribution in [-0.2, 0) is 4.79 Å². The molecule has 0 spiro atoms. The number of rotatable bonds is 4. The van der Waals surface area contributed by atoms with Crippen molar-refractivity contribution in [3.8, 4) is 5.75 Å². The SMILES string of the molecule is CC(C)Oc1ccc(Cl)cc1C(=O)N1CCC(C(=O)O)C1C. The van der Waals surface area contributed by atoms with E-state index < -0.39 is 11.9 Å². The van der Waals surface area contributed by atoms with E-state index in [1.54, 1.807) is 30.0 Å². The van der Waals surface area contributed by atoms with Crippen LogP contribution in [0.25, 0.3) is 0 Å². The molecule has 0 bridgehead atoms. The van der Waals surface area contributed by atoms with E-state index in [1.165, 1.54) is 0 Å². The molecule has 22 heavy (non-hydrogen) atoms. The number of carboxylic acids is 1. The fourth-order valence-electron chi connectivity index (χ4n) is 2.74. The molecule has 1 aromatic carbocycles. The third-order valence-electron chi connectivity index (χ3n) is 3.87. The Labute approximate surface area is 134 Å². The zero-order valence-corrected chi connectivity index (χ0v) is 13.6. The molecule has 6 heteroatoms. The van der Waals surface area contributed by atoms with E-state index >= 15 is 0 Å². The second kappa shape index (κ2) is 6.57. The first-order valence-electron chi connectivity index (χ1n) is 7.31. The summed E-state index contributed by atoms with van der Waals surface area (Å²) in [4.78, 5) is 25.6. The van der Waals surface area contributed by atoms with Crippen LogP contribution in [0.5, 0.6) is 5.75 Å². The zero-order valence-electron chi connectivity index (χ0n) is 12.9. The topological polar surface area (TPSA) is 66.8 Å². The van der Waals surface area contributed by atoms with E-state index in [4.69, 9.17) is 16.3 Å². The van der Waals surface area contributed by atoms with E-state index in [9.17, 15) is 14.7 Å². The highest BCUT2D eigenvalue weighted by Gasteiger charge is 2.39. The van der Waals surface area contributed by atoms with Crippen molar-refractivity contribution in [1.82, 2.24) is 4.90 Å². The zero-order chi connectivity index (χ0) is 16.4. The molecule has 1 fully saturated rings. The number of ether oxygens (including phenoxy) is 1. The average Bonchev–Trinajstić information content (AvgIpc) is 2.81. The van der Waals surface area contributed by atoms with Crippen molar-refractivity contribution in [1.29, 1.82) is 0 Å². The smallest absolute Gasteiger partial charge is 0.308 e. The number of hydrogen-bond acceptors (Lipinski definition) is 3. The van der Waals surface area contributed by atoms with Crippen LogP contribution in [0.1, 0.15) is 37.6 Å². The van der Waals surface area contributed by atoms with Crippen LogP contribution < -0.4 is 4.74 Å². The number of carbonyl (C=O) groups excluding carboxylic acids is 1. The molecule has 120 valence electrons. The Morgan fingerprint density at radius 1 is 1.41 bits per heavy atom. The minimum absolute atomic E-state index is 0.0736. The van der Waals surface area contributed by atoms with Gasteiger partial charge in [0.25, 0.3) is 5.91 Å². The molecule has 1 amide bonds. The maximum atomic E-state index is 12.8. The molecule has 1 N–H and O–H groups in total. The van der Waals surface area contributed by atoms with Gasteiger partial charge in [-0.1, -0.05) is 11.6 Å². The Morgan fingerprint density at radius 2 is 2.09 bits per heavy atom. The van der Waals surface area contributed by atoms with Crippen LogP contribution in [-0.4, -0.2) is 40.6 Å². The Kier molecular flexibility index (Phi) is 4.96. The van der Waals surface area contributed by atoms with Crippen molar-refractivity contribution in [3.05, 3.63) is 28.8 Å². The molecule has 1 aliphatic heterocycles. The third-order valence-corrected chi connectivity index (χ3v) is 4.10. The Balaban J connectivity index is 2.29. The number of hydrogen-bond donors (Lipinski definition) is 1. The predicted molar refractivity (Wildman–Crippen MR) is 83.5 cm³/mol. The minimum Gasteiger partial charge on any atom is -0.490 e. The second-order valence-electron chi connectivity index (χ2n) is 5.78. The highest BCUT2D eigenvalue weighted by molar-refractivity contribution is 6.31. The van der Waals surface area contributed by atoms with Gasteiger partial charge in [0.1, 0.15) is 5.75 Å². The van der Waals surface area contributed by atoms with Gasteiger partial charge in [0.05, 0.1) is 17.6 Å². The summed E-state index contributed by atoms with van der Waals surface area (Å²) >= 11 is 6.00. The summed E-state index contributed by atoms with van der Waals surface area (Å²) in [6, 6.07) is 4.56. The molecule has 1 aliphatic rings. The van der Waals surface area contributed by atoms with Crippen LogP contribution in [0, 0.1) is 5.92 Å². The summed E-state index contributed by atoms with van der Waals surface area (Å²) in [7, 11) is 0. The van der Waals surface area contributed by atoms with Gasteiger partial charge in [-0.2, -0.15) is 0 Å². The number of aliphatic carboxylic acids is 1. The first kappa shape index (κ1) is 16.6. The van der Waals surface area contributed by atoms with Gasteiger partial charge < -0.3 is 14.7 Å². The number of carbonyl (C=O) groups is 2. The lowest BCUT2D eigenvalue weighted by Gasteiger charge is -2.25. The lowest BCUT2D eigenvalue weighted by Crippen LogP contribution is -2.37. The highest BCUT2D eigenvalue weighted by Crippen LogP contribution is 2.30. The molecule has 0 aliphatic carbocycles. The molecule has 2 unspecified atom stereocenters. The van der Waals surface area contributed by atoms with Gasteiger partial charge in [0.15, 0.2) is 0 Å². The summed E-state index contributed by atoms with van der Waals surface area (Å²) in [6.45, 7) is 5.94. The van der Waals surface area contributed by atoms with Crippen molar-refractivity contribution < 1.29 is 19.4 Å². The molecule has 1 heterocycles. The van der Waals surface area contributed by atoms with Crippen molar-refractivity contribution in [2.45, 2.75) is 39.3 Å². The molecule has 5 nitrogen and oxygen atoms in total. The Bertz CT molecular complexity index is 588. The summed E-state index contributed by atoms with van der Waals surface area (Å²) in [5.41, 5.74) is 0.374. The summed E-state index contributed by atoms with van der Waals surface area (Å²) in [6.07, 6.45) is 0.388. The number of nitrogens with zero attached hydrogens (tertiary/aromatic N) is 1. The number of likely N-dealkylation sites (tertiary alicyclic amines) is 1. The molecule has 0 saturated carbocycles. The van der Waals surface area contributed by atoms with Crippen molar-refractivity contribution in [2.75, 3.05) is 6.54 Å². The first-order chi connectivity index (χ1) is 10.3. The quantitative estimate of drug-likeness (QED) is 0.924. The maximum absolute atomic E-state index is 12.8. The van der Waals surface area contributed by atoms with E-state index in [0.29, 0.717) is 29.3 Å². The summed E-state index contributed by atoms with van der Waals surface area (Å²) in [5.74, 6) is -1.17. The van der Waals surface area contributed by atoms with Gasteiger partial charge in [-0.15, -0.1) is 0 Å². The predicted octanol–water partition coefficient (Wildman–Crippen LogP) is 3.06. The van der Waals surface area contributed by atoms with Gasteiger partial charge in [-0.25, -0.2) is 0 Å². The van der Waals surface area contributed by atoms with Crippen molar-refractivity contribution >= 4 is 23.5 Å². The fraction of sp³-hybridized carbons (Fsp3) is 0.500. The number of amides is 1. The van der Waals surface area contributed by atoms with E-state index in [2.05, 4.69) is 0 Å². The number of benzene rings is 1. The van der Waals surface area contributed by atoms with Gasteiger partial charge in [-0.3, -0.25) is 9.59 Å². The van der Waals surface area contributed by atoms with Crippen LogP contribution in [0.3, 0.4) is 0 Å². The fourth-order valence-corrected chi connectivity index (χ4v) is 2.91. The Hall–Kier alpha value is -1.75. The lowest BCUT2D eigenvalue weighted by atomic mass is 10.0. The molecule has 0 radical (unpaired) electrons. The van der Waals surface area contributed by atoms with E-state index in [1.807, 2.05) is 13.8 Å². The largest absolute Gasteiger partial charge is 0.490 e. The molecule has 0 aromatic heterocycles. The summed E-state index contributed by atoms with van der Waals surface area (Å²) in [5, 5.41) is 9.63. The highest BCUT2D eigenvalue weighted by atomic mass is 35.5. The maximum Gasteiger partial charge on any atom is 0.308 e. The molecular formula is C16H20ClNO4. The lowest BCUT2D eigenvalue weighted by molar-refractivity contribution is -0.142. The first-order valence-corrected chi connectivity index (χ1v) is 7.69. The van der Waals surface area contributed by atoms with Crippen molar-refractivity contribution in [3.63, 3.8) is 0 Å². The second-order valence-corrected chi connectivity index (χ2v) is 6.22. The van der Waals surface area contributed by atoms with Gasteiger partial charge in [0.2, 0.25) is 0 Å². The monoisotopic (exact) mass is 325 g/mol. The Morgan fingerprint density at radius 3 is 2.64 bits per heavy atom. The van der Waals surface area contributed by atoms with Crippen LogP contribution >= 0.6 is 11.6 Å². The van der Waals surface area contributed by atoms with Crippen molar-refractivity contribution in [2.24, 2.45) is 5.92 Å². The third kappa shape index (κ3) is 3.35. The normalized spacial score (nSPS) is 21.2. The van der Waals surface area contributed by atoms with Crippen LogP contribution in [0.2, 0.25) is 5.02 Å². The molecule has 2 atom stereocenters. The minimum atomic E-state index is -0.868. The molecule has 1 saturated heterocycles. The molecular weight excluding hydrogens is 306 g/mol. The van der Waals surface area contributed by atoms with E-state index in [0.717, 1.165) is 0 Å². The van der Waals surface area contributed by atoms with Crippen LogP contribution in [0.4, 0.5) is 0 Å². The van der Waals surface area contributed by atoms with E-state index in [-0.39, 0.29) is 18.1 Å².